The van der Waals surface area contributed by atoms with Crippen LogP contribution in [0.5, 0.6) is 0 Å². The summed E-state index contributed by atoms with van der Waals surface area (Å²) >= 11 is 0. The highest BCUT2D eigenvalue weighted by Gasteiger charge is 2.37. The van der Waals surface area contributed by atoms with E-state index in [1.165, 1.54) is 42.7 Å². The Balaban J connectivity index is 4.07. The topological polar surface area (TPSA) is 108 Å². The second-order valence-electron chi connectivity index (χ2n) is 5.47. The molecule has 0 aliphatic rings. The summed E-state index contributed by atoms with van der Waals surface area (Å²) in [6, 6.07) is 1.01. The van der Waals surface area contributed by atoms with Crippen molar-refractivity contribution in [1.82, 2.24) is 0 Å². The Morgan fingerprint density at radius 3 is 1.14 bits per heavy atom. The van der Waals surface area contributed by atoms with Gasteiger partial charge in [0.1, 0.15) is 0 Å². The van der Waals surface area contributed by atoms with Crippen molar-refractivity contribution < 1.29 is 45.6 Å². The zero-order valence-corrected chi connectivity index (χ0v) is 19.5. The van der Waals surface area contributed by atoms with E-state index in [1.807, 2.05) is 0 Å². The Kier molecular flexibility index (Phi) is 14.2. The molecule has 12 heteroatoms. The molecule has 0 saturated carbocycles. The largest absolute Gasteiger partial charge is 0.500 e. The molecule has 0 saturated heterocycles. The van der Waals surface area contributed by atoms with Gasteiger partial charge in [-0.25, -0.2) is 9.59 Å². The third-order valence-electron chi connectivity index (χ3n) is 3.96. The summed E-state index contributed by atoms with van der Waals surface area (Å²) in [7, 11) is 3.74. The number of carbonyl (C=O) groups is 2. The monoisotopic (exact) mass is 440 g/mol. The number of hydrogen-bond acceptors (Lipinski definition) is 10. The summed E-state index contributed by atoms with van der Waals surface area (Å²) in [5, 5.41) is 0. The fraction of sp³-hybridized carbons (Fsp3) is 0.750. The SMILES string of the molecule is CO[Si](CCCOC(=O)/C=C\C(=O)OCCC[Si](OC)(OC)OC)(OC)OC. The number of hydrogen-bond donors (Lipinski definition) is 0. The third-order valence-corrected chi connectivity index (χ3v) is 9.63. The maximum absolute atomic E-state index is 11.6. The van der Waals surface area contributed by atoms with Gasteiger partial charge >= 0.3 is 29.5 Å². The van der Waals surface area contributed by atoms with Gasteiger partial charge in [0.05, 0.1) is 13.2 Å². The van der Waals surface area contributed by atoms with Crippen molar-refractivity contribution in [2.75, 3.05) is 55.9 Å². The van der Waals surface area contributed by atoms with E-state index in [2.05, 4.69) is 0 Å². The van der Waals surface area contributed by atoms with Crippen LogP contribution >= 0.6 is 0 Å². The first-order valence-electron chi connectivity index (χ1n) is 8.69. The van der Waals surface area contributed by atoms with E-state index < -0.39 is 29.5 Å². The molecule has 0 aromatic heterocycles. The minimum atomic E-state index is -2.67. The standard InChI is InChI=1S/C16H32O10Si2/c1-19-27(20-2,21-3)13-7-11-25-15(17)9-10-16(18)26-12-8-14-28(22-4,23-5)24-6/h9-10H,7-8,11-14H2,1-6H3/b10-9-. The van der Waals surface area contributed by atoms with E-state index in [0.29, 0.717) is 24.9 Å². The van der Waals surface area contributed by atoms with Gasteiger partial charge in [-0.15, -0.1) is 0 Å². The molecule has 0 atom stereocenters. The molecule has 0 aliphatic carbocycles. The Bertz CT molecular complexity index is 420. The van der Waals surface area contributed by atoms with Crippen LogP contribution in [0.2, 0.25) is 12.1 Å². The molecule has 0 unspecified atom stereocenters. The summed E-state index contributed by atoms with van der Waals surface area (Å²) in [6.45, 7) is 0.307. The number of rotatable bonds is 16. The molecule has 10 nitrogen and oxygen atoms in total. The highest BCUT2D eigenvalue weighted by molar-refractivity contribution is 6.60. The molecule has 0 bridgehead atoms. The van der Waals surface area contributed by atoms with Crippen molar-refractivity contribution in [2.45, 2.75) is 24.9 Å². The highest BCUT2D eigenvalue weighted by Crippen LogP contribution is 2.15. The zero-order chi connectivity index (χ0) is 21.5. The summed E-state index contributed by atoms with van der Waals surface area (Å²) in [5.41, 5.74) is 0. The van der Waals surface area contributed by atoms with Gasteiger partial charge in [-0.2, -0.15) is 0 Å². The molecule has 0 aliphatic heterocycles. The van der Waals surface area contributed by atoms with Crippen molar-refractivity contribution in [3.63, 3.8) is 0 Å². The summed E-state index contributed by atoms with van der Waals surface area (Å²) in [6.07, 6.45) is 3.06. The van der Waals surface area contributed by atoms with Gasteiger partial charge in [0.15, 0.2) is 0 Å². The number of carbonyl (C=O) groups excluding carboxylic acids is 2. The van der Waals surface area contributed by atoms with E-state index in [4.69, 9.17) is 36.0 Å². The van der Waals surface area contributed by atoms with Crippen LogP contribution in [0, 0.1) is 0 Å². The van der Waals surface area contributed by atoms with Crippen LogP contribution < -0.4 is 0 Å². The Morgan fingerprint density at radius 1 is 0.607 bits per heavy atom. The van der Waals surface area contributed by atoms with Crippen LogP contribution in [-0.2, 0) is 45.6 Å². The first kappa shape index (κ1) is 26.9. The molecule has 0 aromatic carbocycles. The van der Waals surface area contributed by atoms with E-state index >= 15 is 0 Å². The second kappa shape index (κ2) is 14.8. The van der Waals surface area contributed by atoms with Gasteiger partial charge in [0.2, 0.25) is 0 Å². The van der Waals surface area contributed by atoms with Crippen LogP contribution in [0.1, 0.15) is 12.8 Å². The minimum Gasteiger partial charge on any atom is -0.463 e. The smallest absolute Gasteiger partial charge is 0.463 e. The molecule has 0 heterocycles. The summed E-state index contributed by atoms with van der Waals surface area (Å²) < 4.78 is 41.6. The summed E-state index contributed by atoms with van der Waals surface area (Å²) in [5.74, 6) is -1.28. The van der Waals surface area contributed by atoms with Gasteiger partial charge < -0.3 is 36.0 Å². The molecule has 0 aromatic rings. The maximum Gasteiger partial charge on any atom is 0.500 e. The van der Waals surface area contributed by atoms with Gasteiger partial charge in [0, 0.05) is 66.9 Å². The lowest BCUT2D eigenvalue weighted by Crippen LogP contribution is -2.42. The average Bonchev–Trinajstić information content (AvgIpc) is 2.73. The van der Waals surface area contributed by atoms with E-state index in [9.17, 15) is 9.59 Å². The molecule has 0 amide bonds. The molecule has 0 fully saturated rings. The first-order valence-corrected chi connectivity index (χ1v) is 12.5. The van der Waals surface area contributed by atoms with E-state index in [0.717, 1.165) is 12.2 Å². The predicted octanol–water partition coefficient (Wildman–Crippen LogP) is 1.17. The fourth-order valence-electron chi connectivity index (χ4n) is 2.27. The van der Waals surface area contributed by atoms with Gasteiger partial charge in [-0.05, 0) is 12.8 Å². The molecule has 0 radical (unpaired) electrons. The summed E-state index contributed by atoms with van der Waals surface area (Å²) in [4.78, 5) is 23.2. The van der Waals surface area contributed by atoms with E-state index in [-0.39, 0.29) is 13.2 Å². The van der Waals surface area contributed by atoms with Crippen LogP contribution in [0.3, 0.4) is 0 Å². The van der Waals surface area contributed by atoms with Gasteiger partial charge in [0.25, 0.3) is 0 Å². The Morgan fingerprint density at radius 2 is 0.893 bits per heavy atom. The Labute approximate surface area is 168 Å². The van der Waals surface area contributed by atoms with Crippen LogP contribution in [0.15, 0.2) is 12.2 Å². The highest BCUT2D eigenvalue weighted by atomic mass is 28.4. The van der Waals surface area contributed by atoms with E-state index in [1.54, 1.807) is 0 Å². The average molecular weight is 441 g/mol. The van der Waals surface area contributed by atoms with Crippen molar-refractivity contribution in [1.29, 1.82) is 0 Å². The zero-order valence-electron chi connectivity index (χ0n) is 17.5. The lowest BCUT2D eigenvalue weighted by molar-refractivity contribution is -0.140. The van der Waals surface area contributed by atoms with Gasteiger partial charge in [-0.1, -0.05) is 0 Å². The van der Waals surface area contributed by atoms with Crippen molar-refractivity contribution in [3.8, 4) is 0 Å². The lowest BCUT2D eigenvalue weighted by atomic mass is 10.4. The van der Waals surface area contributed by atoms with Crippen LogP contribution in [-0.4, -0.2) is 85.4 Å². The normalized spacial score (nSPS) is 12.4. The van der Waals surface area contributed by atoms with Crippen LogP contribution in [0.25, 0.3) is 0 Å². The van der Waals surface area contributed by atoms with Crippen molar-refractivity contribution in [2.24, 2.45) is 0 Å². The molecule has 164 valence electrons. The third kappa shape index (κ3) is 9.88. The molecule has 0 spiro atoms. The molecule has 0 N–H and O–H groups in total. The molecule has 28 heavy (non-hydrogen) atoms. The number of esters is 2. The minimum absolute atomic E-state index is 0.154. The fourth-order valence-corrected chi connectivity index (χ4v) is 5.65. The molecular formula is C16H32O10Si2. The second-order valence-corrected chi connectivity index (χ2v) is 11.6. The molecule has 0 rings (SSSR count). The predicted molar refractivity (Wildman–Crippen MR) is 103 cm³/mol. The lowest BCUT2D eigenvalue weighted by Gasteiger charge is -2.24. The maximum atomic E-state index is 11.6. The first-order chi connectivity index (χ1) is 13.4. The van der Waals surface area contributed by atoms with Gasteiger partial charge in [-0.3, -0.25) is 0 Å². The number of ether oxygens (including phenoxy) is 2. The van der Waals surface area contributed by atoms with Crippen LogP contribution in [0.4, 0.5) is 0 Å². The van der Waals surface area contributed by atoms with Crippen molar-refractivity contribution >= 4 is 29.5 Å². The quantitative estimate of drug-likeness (QED) is 0.150. The van der Waals surface area contributed by atoms with Crippen molar-refractivity contribution in [3.05, 3.63) is 12.2 Å². The Hall–Kier alpha value is -1.13. The molecular weight excluding hydrogens is 408 g/mol.